The van der Waals surface area contributed by atoms with E-state index in [4.69, 9.17) is 16.3 Å². The van der Waals surface area contributed by atoms with E-state index in [0.29, 0.717) is 19.4 Å². The summed E-state index contributed by atoms with van der Waals surface area (Å²) in [4.78, 5) is 25.3. The largest absolute Gasteiger partial charge is 0.469 e. The Balaban J connectivity index is 2.16. The van der Waals surface area contributed by atoms with Gasteiger partial charge >= 0.3 is 5.97 Å². The minimum Gasteiger partial charge on any atom is -0.469 e. The Morgan fingerprint density at radius 1 is 1.45 bits per heavy atom. The fourth-order valence-electron chi connectivity index (χ4n) is 2.36. The standard InChI is InChI=1S/C14H15ClFNO3/c1-20-14(19)9-4-3-7-17(8-9)13(18)10-5-2-6-11(15)12(10)16/h2,5-6,9H,3-4,7-8H2,1H3/t9-/m0/s1. The van der Waals surface area contributed by atoms with Crippen molar-refractivity contribution in [2.75, 3.05) is 20.2 Å². The third kappa shape index (κ3) is 2.93. The molecule has 0 aromatic heterocycles. The number of carbonyl (C=O) groups excluding carboxylic acids is 2. The van der Waals surface area contributed by atoms with Crippen molar-refractivity contribution in [3.8, 4) is 0 Å². The minimum atomic E-state index is -0.723. The molecule has 20 heavy (non-hydrogen) atoms. The SMILES string of the molecule is COC(=O)[C@H]1CCCN(C(=O)c2cccc(Cl)c2F)C1. The Labute approximate surface area is 121 Å². The maximum absolute atomic E-state index is 13.9. The van der Waals surface area contributed by atoms with Gasteiger partial charge in [0.15, 0.2) is 5.82 Å². The smallest absolute Gasteiger partial charge is 0.310 e. The molecule has 0 bridgehead atoms. The molecule has 1 saturated heterocycles. The highest BCUT2D eigenvalue weighted by Gasteiger charge is 2.30. The van der Waals surface area contributed by atoms with Gasteiger partial charge in [-0.1, -0.05) is 17.7 Å². The molecule has 0 radical (unpaired) electrons. The Hall–Kier alpha value is -1.62. The van der Waals surface area contributed by atoms with E-state index in [0.717, 1.165) is 0 Å². The number of esters is 1. The molecule has 1 amide bonds. The van der Waals surface area contributed by atoms with Gasteiger partial charge in [-0.2, -0.15) is 0 Å². The van der Waals surface area contributed by atoms with Gasteiger partial charge in [0, 0.05) is 13.1 Å². The summed E-state index contributed by atoms with van der Waals surface area (Å²) in [5, 5.41) is -0.0858. The van der Waals surface area contributed by atoms with E-state index >= 15 is 0 Å². The van der Waals surface area contributed by atoms with E-state index in [1.807, 2.05) is 0 Å². The fraction of sp³-hybridized carbons (Fsp3) is 0.429. The van der Waals surface area contributed by atoms with E-state index in [9.17, 15) is 14.0 Å². The van der Waals surface area contributed by atoms with Crippen molar-refractivity contribution in [2.45, 2.75) is 12.8 Å². The summed E-state index contributed by atoms with van der Waals surface area (Å²) in [7, 11) is 1.32. The molecule has 1 heterocycles. The maximum atomic E-state index is 13.9. The van der Waals surface area contributed by atoms with Crippen LogP contribution in [0.5, 0.6) is 0 Å². The van der Waals surface area contributed by atoms with Crippen LogP contribution in [0.15, 0.2) is 18.2 Å². The number of rotatable bonds is 2. The van der Waals surface area contributed by atoms with Gasteiger partial charge in [0.05, 0.1) is 23.6 Å². The third-order valence-electron chi connectivity index (χ3n) is 3.43. The molecular weight excluding hydrogens is 285 g/mol. The highest BCUT2D eigenvalue weighted by atomic mass is 35.5. The summed E-state index contributed by atoms with van der Waals surface area (Å²) >= 11 is 5.68. The van der Waals surface area contributed by atoms with Crippen LogP contribution in [0.2, 0.25) is 5.02 Å². The van der Waals surface area contributed by atoms with Gasteiger partial charge in [0.1, 0.15) is 0 Å². The van der Waals surface area contributed by atoms with Crippen molar-refractivity contribution in [1.82, 2.24) is 4.90 Å². The number of carbonyl (C=O) groups is 2. The molecule has 0 spiro atoms. The van der Waals surface area contributed by atoms with Gasteiger partial charge in [-0.15, -0.1) is 0 Å². The number of methoxy groups -OCH3 is 1. The molecule has 4 nitrogen and oxygen atoms in total. The Kier molecular flexibility index (Phi) is 4.60. The molecule has 2 rings (SSSR count). The number of piperidine rings is 1. The number of amides is 1. The van der Waals surface area contributed by atoms with Crippen LogP contribution >= 0.6 is 11.6 Å². The van der Waals surface area contributed by atoms with E-state index in [2.05, 4.69) is 0 Å². The van der Waals surface area contributed by atoms with Crippen LogP contribution in [-0.4, -0.2) is 37.0 Å². The summed E-state index contributed by atoms with van der Waals surface area (Å²) < 4.78 is 18.6. The van der Waals surface area contributed by atoms with Gasteiger partial charge < -0.3 is 9.64 Å². The normalized spacial score (nSPS) is 18.8. The zero-order valence-corrected chi connectivity index (χ0v) is 11.8. The lowest BCUT2D eigenvalue weighted by Gasteiger charge is -2.31. The Morgan fingerprint density at radius 3 is 2.90 bits per heavy atom. The first-order chi connectivity index (χ1) is 9.54. The lowest BCUT2D eigenvalue weighted by molar-refractivity contribution is -0.146. The van der Waals surface area contributed by atoms with Crippen molar-refractivity contribution < 1.29 is 18.7 Å². The Bertz CT molecular complexity index is 535. The van der Waals surface area contributed by atoms with E-state index in [1.54, 1.807) is 0 Å². The molecule has 0 N–H and O–H groups in total. The Morgan fingerprint density at radius 2 is 2.20 bits per heavy atom. The van der Waals surface area contributed by atoms with Crippen molar-refractivity contribution in [3.63, 3.8) is 0 Å². The first kappa shape index (κ1) is 14.8. The molecule has 1 aromatic rings. The minimum absolute atomic E-state index is 0.0667. The highest BCUT2D eigenvalue weighted by Crippen LogP contribution is 2.23. The predicted octanol–water partition coefficient (Wildman–Crippen LogP) is 2.50. The van der Waals surface area contributed by atoms with E-state index in [1.165, 1.54) is 30.2 Å². The van der Waals surface area contributed by atoms with Crippen LogP contribution in [0, 0.1) is 11.7 Å². The van der Waals surface area contributed by atoms with Crippen molar-refractivity contribution in [1.29, 1.82) is 0 Å². The first-order valence-corrected chi connectivity index (χ1v) is 6.73. The van der Waals surface area contributed by atoms with Crippen LogP contribution in [0.3, 0.4) is 0 Å². The molecule has 1 atom stereocenters. The second-order valence-electron chi connectivity index (χ2n) is 4.71. The number of hydrogen-bond donors (Lipinski definition) is 0. The summed E-state index contributed by atoms with van der Waals surface area (Å²) in [6.45, 7) is 0.746. The van der Waals surface area contributed by atoms with Gasteiger partial charge in [-0.05, 0) is 25.0 Å². The monoisotopic (exact) mass is 299 g/mol. The van der Waals surface area contributed by atoms with Crippen molar-refractivity contribution in [3.05, 3.63) is 34.6 Å². The molecule has 1 aliphatic rings. The van der Waals surface area contributed by atoms with Crippen LogP contribution in [-0.2, 0) is 9.53 Å². The van der Waals surface area contributed by atoms with Crippen LogP contribution < -0.4 is 0 Å². The number of ether oxygens (including phenoxy) is 1. The lowest BCUT2D eigenvalue weighted by atomic mass is 9.97. The fourth-order valence-corrected chi connectivity index (χ4v) is 2.53. The molecule has 1 fully saturated rings. The lowest BCUT2D eigenvalue weighted by Crippen LogP contribution is -2.42. The average molecular weight is 300 g/mol. The number of hydrogen-bond acceptors (Lipinski definition) is 3. The highest BCUT2D eigenvalue weighted by molar-refractivity contribution is 6.31. The molecular formula is C14H15ClFNO3. The number of halogens is 2. The molecule has 1 aromatic carbocycles. The van der Waals surface area contributed by atoms with Gasteiger partial charge in [-0.25, -0.2) is 4.39 Å². The van der Waals surface area contributed by atoms with E-state index in [-0.39, 0.29) is 29.0 Å². The quantitative estimate of drug-likeness (QED) is 0.788. The molecule has 0 aliphatic carbocycles. The van der Waals surface area contributed by atoms with E-state index < -0.39 is 11.7 Å². The second kappa shape index (κ2) is 6.22. The summed E-state index contributed by atoms with van der Waals surface area (Å²) in [6, 6.07) is 4.31. The molecule has 6 heteroatoms. The third-order valence-corrected chi connectivity index (χ3v) is 3.72. The maximum Gasteiger partial charge on any atom is 0.310 e. The second-order valence-corrected chi connectivity index (χ2v) is 5.12. The zero-order valence-electron chi connectivity index (χ0n) is 11.1. The summed E-state index contributed by atoms with van der Waals surface area (Å²) in [6.07, 6.45) is 1.36. The number of benzene rings is 1. The zero-order chi connectivity index (χ0) is 14.7. The van der Waals surface area contributed by atoms with Crippen molar-refractivity contribution >= 4 is 23.5 Å². The van der Waals surface area contributed by atoms with Crippen LogP contribution in [0.1, 0.15) is 23.2 Å². The van der Waals surface area contributed by atoms with Gasteiger partial charge in [0.2, 0.25) is 0 Å². The molecule has 0 saturated carbocycles. The molecule has 1 aliphatic heterocycles. The van der Waals surface area contributed by atoms with Crippen LogP contribution in [0.25, 0.3) is 0 Å². The molecule has 108 valence electrons. The van der Waals surface area contributed by atoms with Crippen molar-refractivity contribution in [2.24, 2.45) is 5.92 Å². The summed E-state index contributed by atoms with van der Waals surface area (Å²) in [5.74, 6) is -1.85. The van der Waals surface area contributed by atoms with Gasteiger partial charge in [-0.3, -0.25) is 9.59 Å². The first-order valence-electron chi connectivity index (χ1n) is 6.35. The average Bonchev–Trinajstić information content (AvgIpc) is 2.48. The number of likely N-dealkylation sites (tertiary alicyclic amines) is 1. The summed E-state index contributed by atoms with van der Waals surface area (Å²) in [5.41, 5.74) is -0.0667. The predicted molar refractivity (Wildman–Crippen MR) is 72.1 cm³/mol. The van der Waals surface area contributed by atoms with Crippen LogP contribution in [0.4, 0.5) is 4.39 Å². The van der Waals surface area contributed by atoms with Gasteiger partial charge in [0.25, 0.3) is 5.91 Å². The molecule has 0 unspecified atom stereocenters. The number of nitrogens with zero attached hydrogens (tertiary/aromatic N) is 1. The topological polar surface area (TPSA) is 46.6 Å².